The average molecular weight is 624 g/mol. The molecular formula is C36H53N3O6. The SMILES string of the molecule is CCCCCCCCN(C(=O)C(Cc1ccccc1)NC(=O)OC(C)(C)C)C(C(=O)NCCC(=O)OCC)c1cccc(C)c1. The van der Waals surface area contributed by atoms with Gasteiger partial charge in [0.1, 0.15) is 17.7 Å². The Kier molecular flexibility index (Phi) is 16.2. The summed E-state index contributed by atoms with van der Waals surface area (Å²) >= 11 is 0. The standard InChI is InChI=1S/C36H53N3O6/c1-7-9-10-11-12-16-24-39(32(29-21-17-18-27(3)25-29)33(41)37-23-22-31(40)44-8-2)34(42)30(26-28-19-14-13-15-20-28)38-35(43)45-36(4,5)6/h13-15,17-21,25,30,32H,7-12,16,22-24,26H2,1-6H3,(H,37,41)(H,38,43). The first-order valence-corrected chi connectivity index (χ1v) is 16.3. The quantitative estimate of drug-likeness (QED) is 0.146. The van der Waals surface area contributed by atoms with Gasteiger partial charge in [0.15, 0.2) is 0 Å². The number of hydrogen-bond donors (Lipinski definition) is 2. The van der Waals surface area contributed by atoms with Gasteiger partial charge in [0.2, 0.25) is 11.8 Å². The topological polar surface area (TPSA) is 114 Å². The van der Waals surface area contributed by atoms with Crippen molar-refractivity contribution in [3.05, 3.63) is 71.3 Å². The lowest BCUT2D eigenvalue weighted by Gasteiger charge is -2.35. The Morgan fingerprint density at radius 1 is 0.889 bits per heavy atom. The van der Waals surface area contributed by atoms with E-state index in [1.807, 2.05) is 61.5 Å². The van der Waals surface area contributed by atoms with E-state index >= 15 is 0 Å². The molecule has 0 aliphatic carbocycles. The van der Waals surface area contributed by atoms with Crippen molar-refractivity contribution in [2.24, 2.45) is 0 Å². The molecule has 0 aliphatic rings. The van der Waals surface area contributed by atoms with Crippen molar-refractivity contribution in [3.63, 3.8) is 0 Å². The van der Waals surface area contributed by atoms with Crippen LogP contribution >= 0.6 is 0 Å². The smallest absolute Gasteiger partial charge is 0.408 e. The Bertz CT molecular complexity index is 1210. The zero-order valence-electron chi connectivity index (χ0n) is 28.0. The van der Waals surface area contributed by atoms with Gasteiger partial charge in [0.25, 0.3) is 0 Å². The summed E-state index contributed by atoms with van der Waals surface area (Å²) in [5.74, 6) is -1.19. The molecule has 0 spiro atoms. The van der Waals surface area contributed by atoms with Gasteiger partial charge < -0.3 is 25.0 Å². The number of hydrogen-bond acceptors (Lipinski definition) is 6. The van der Waals surface area contributed by atoms with Gasteiger partial charge in [-0.2, -0.15) is 0 Å². The highest BCUT2D eigenvalue weighted by Crippen LogP contribution is 2.25. The highest BCUT2D eigenvalue weighted by molar-refractivity contribution is 5.92. The van der Waals surface area contributed by atoms with Gasteiger partial charge in [0.05, 0.1) is 13.0 Å². The number of unbranched alkanes of at least 4 members (excludes halogenated alkanes) is 5. The third-order valence-electron chi connectivity index (χ3n) is 7.16. The molecule has 0 radical (unpaired) electrons. The van der Waals surface area contributed by atoms with E-state index < -0.39 is 35.7 Å². The maximum absolute atomic E-state index is 14.6. The van der Waals surface area contributed by atoms with E-state index in [9.17, 15) is 19.2 Å². The van der Waals surface area contributed by atoms with Crippen LogP contribution in [0.1, 0.15) is 102 Å². The Labute approximate surface area is 269 Å². The van der Waals surface area contributed by atoms with Crippen molar-refractivity contribution in [3.8, 4) is 0 Å². The van der Waals surface area contributed by atoms with E-state index in [1.54, 1.807) is 32.6 Å². The van der Waals surface area contributed by atoms with Gasteiger partial charge in [0, 0.05) is 19.5 Å². The van der Waals surface area contributed by atoms with E-state index in [-0.39, 0.29) is 31.9 Å². The minimum absolute atomic E-state index is 0.0162. The van der Waals surface area contributed by atoms with E-state index in [1.165, 1.54) is 0 Å². The first-order valence-electron chi connectivity index (χ1n) is 16.3. The molecule has 45 heavy (non-hydrogen) atoms. The number of nitrogens with one attached hydrogen (secondary N) is 2. The third kappa shape index (κ3) is 14.2. The number of carbonyl (C=O) groups is 4. The third-order valence-corrected chi connectivity index (χ3v) is 7.16. The van der Waals surface area contributed by atoms with Crippen molar-refractivity contribution >= 4 is 23.9 Å². The Morgan fingerprint density at radius 2 is 1.58 bits per heavy atom. The Morgan fingerprint density at radius 3 is 2.22 bits per heavy atom. The number of nitrogens with zero attached hydrogens (tertiary/aromatic N) is 1. The van der Waals surface area contributed by atoms with Crippen molar-refractivity contribution in [2.75, 3.05) is 19.7 Å². The molecule has 9 nitrogen and oxygen atoms in total. The summed E-state index contributed by atoms with van der Waals surface area (Å²) in [6, 6.07) is 15.0. The number of ether oxygens (including phenoxy) is 2. The van der Waals surface area contributed by atoms with Crippen molar-refractivity contribution < 1.29 is 28.7 Å². The fourth-order valence-corrected chi connectivity index (χ4v) is 5.06. The van der Waals surface area contributed by atoms with E-state index in [0.717, 1.165) is 43.2 Å². The van der Waals surface area contributed by atoms with Gasteiger partial charge in [-0.15, -0.1) is 0 Å². The molecule has 0 saturated heterocycles. The predicted molar refractivity (Wildman–Crippen MR) is 177 cm³/mol. The predicted octanol–water partition coefficient (Wildman–Crippen LogP) is 6.43. The van der Waals surface area contributed by atoms with E-state index in [2.05, 4.69) is 17.6 Å². The Balaban J connectivity index is 2.49. The zero-order chi connectivity index (χ0) is 33.2. The molecule has 2 aromatic carbocycles. The zero-order valence-corrected chi connectivity index (χ0v) is 28.0. The van der Waals surface area contributed by atoms with Crippen LogP contribution < -0.4 is 10.6 Å². The highest BCUT2D eigenvalue weighted by atomic mass is 16.6. The van der Waals surface area contributed by atoms with Gasteiger partial charge in [-0.3, -0.25) is 14.4 Å². The minimum atomic E-state index is -0.984. The summed E-state index contributed by atoms with van der Waals surface area (Å²) in [5, 5.41) is 5.66. The summed E-state index contributed by atoms with van der Waals surface area (Å²) < 4.78 is 10.5. The fraction of sp³-hybridized carbons (Fsp3) is 0.556. The highest BCUT2D eigenvalue weighted by Gasteiger charge is 2.36. The lowest BCUT2D eigenvalue weighted by molar-refractivity contribution is -0.144. The largest absolute Gasteiger partial charge is 0.466 e. The lowest BCUT2D eigenvalue weighted by Crippen LogP contribution is -2.54. The summed E-state index contributed by atoms with van der Waals surface area (Å²) in [5.41, 5.74) is 1.69. The average Bonchev–Trinajstić information content (AvgIpc) is 2.97. The molecule has 3 amide bonds. The van der Waals surface area contributed by atoms with Crippen LogP contribution in [0.3, 0.4) is 0 Å². The molecule has 2 unspecified atom stereocenters. The molecule has 9 heteroatoms. The van der Waals surface area contributed by atoms with Crippen molar-refractivity contribution in [2.45, 2.75) is 111 Å². The maximum atomic E-state index is 14.6. The number of amides is 3. The van der Waals surface area contributed by atoms with Gasteiger partial charge in [-0.05, 0) is 52.2 Å². The summed E-state index contributed by atoms with van der Waals surface area (Å²) in [6.07, 6.45) is 5.54. The van der Waals surface area contributed by atoms with Crippen molar-refractivity contribution in [1.29, 1.82) is 0 Å². The van der Waals surface area contributed by atoms with Gasteiger partial charge in [-0.1, -0.05) is 99.2 Å². The first kappa shape index (κ1) is 37.3. The monoisotopic (exact) mass is 623 g/mol. The molecule has 0 bridgehead atoms. The van der Waals surface area contributed by atoms with Crippen LogP contribution in [0.5, 0.6) is 0 Å². The summed E-state index contributed by atoms with van der Waals surface area (Å²) in [7, 11) is 0. The molecule has 0 aromatic heterocycles. The molecular weight excluding hydrogens is 570 g/mol. The Hall–Kier alpha value is -3.88. The number of esters is 1. The molecule has 0 heterocycles. The van der Waals surface area contributed by atoms with Crippen LogP contribution in [0.15, 0.2) is 54.6 Å². The summed E-state index contributed by atoms with van der Waals surface area (Å²) in [6.45, 7) is 11.8. The molecule has 248 valence electrons. The van der Waals surface area contributed by atoms with Crippen LogP contribution in [0, 0.1) is 6.92 Å². The number of rotatable bonds is 18. The molecule has 2 N–H and O–H groups in total. The molecule has 2 rings (SSSR count). The number of alkyl carbamates (subject to hydrolysis) is 1. The molecule has 0 saturated carbocycles. The van der Waals surface area contributed by atoms with Crippen LogP contribution in [-0.2, 0) is 30.3 Å². The van der Waals surface area contributed by atoms with Crippen LogP contribution in [0.2, 0.25) is 0 Å². The van der Waals surface area contributed by atoms with Crippen molar-refractivity contribution in [1.82, 2.24) is 15.5 Å². The summed E-state index contributed by atoms with van der Waals surface area (Å²) in [4.78, 5) is 55.1. The number of benzene rings is 2. The maximum Gasteiger partial charge on any atom is 0.408 e. The molecule has 2 atom stereocenters. The van der Waals surface area contributed by atoms with E-state index in [0.29, 0.717) is 18.5 Å². The normalized spacial score (nSPS) is 12.5. The molecule has 2 aromatic rings. The lowest BCUT2D eigenvalue weighted by atomic mass is 9.98. The fourth-order valence-electron chi connectivity index (χ4n) is 5.06. The molecule has 0 aliphatic heterocycles. The second kappa shape index (κ2) is 19.5. The van der Waals surface area contributed by atoms with Gasteiger partial charge >= 0.3 is 12.1 Å². The number of aryl methyl sites for hydroxylation is 1. The van der Waals surface area contributed by atoms with Crippen LogP contribution in [-0.4, -0.2) is 60.1 Å². The first-order chi connectivity index (χ1) is 21.4. The number of carbonyl (C=O) groups excluding carboxylic acids is 4. The van der Waals surface area contributed by atoms with E-state index in [4.69, 9.17) is 9.47 Å². The minimum Gasteiger partial charge on any atom is -0.466 e. The second-order valence-corrected chi connectivity index (χ2v) is 12.4. The van der Waals surface area contributed by atoms with Crippen LogP contribution in [0.4, 0.5) is 4.79 Å². The van der Waals surface area contributed by atoms with Crippen LogP contribution in [0.25, 0.3) is 0 Å². The van der Waals surface area contributed by atoms with Gasteiger partial charge in [-0.25, -0.2) is 4.79 Å². The molecule has 0 fully saturated rings. The second-order valence-electron chi connectivity index (χ2n) is 12.4.